The highest BCUT2D eigenvalue weighted by Crippen LogP contribution is 2.30. The molecule has 1 N–H and O–H groups in total. The fraction of sp³-hybridized carbons (Fsp3) is 0.412. The van der Waals surface area contributed by atoms with E-state index in [4.69, 9.17) is 4.74 Å². The van der Waals surface area contributed by atoms with Crippen LogP contribution in [-0.2, 0) is 9.53 Å². The second-order valence-corrected chi connectivity index (χ2v) is 5.64. The molecule has 0 amide bonds. The Labute approximate surface area is 124 Å². The van der Waals surface area contributed by atoms with Crippen LogP contribution < -0.4 is 0 Å². The number of hydrogen-bond donors (Lipinski definition) is 1. The number of hydrogen-bond acceptors (Lipinski definition) is 4. The highest BCUT2D eigenvalue weighted by molar-refractivity contribution is 5.80. The molecule has 2 aromatic rings. The lowest BCUT2D eigenvalue weighted by Crippen LogP contribution is -2.28. The first-order chi connectivity index (χ1) is 9.93. The normalized spacial score (nSPS) is 14.2. The highest BCUT2D eigenvalue weighted by atomic mass is 16.5. The Morgan fingerprint density at radius 3 is 2.57 bits per heavy atom. The highest BCUT2D eigenvalue weighted by Gasteiger charge is 2.31. The Morgan fingerprint density at radius 1 is 1.24 bits per heavy atom. The van der Waals surface area contributed by atoms with Gasteiger partial charge in [0.05, 0.1) is 24.6 Å². The minimum atomic E-state index is -0.886. The Bertz CT molecular complexity index is 652. The summed E-state index contributed by atoms with van der Waals surface area (Å²) in [4.78, 5) is 16.3. The minimum Gasteiger partial charge on any atom is -0.469 e. The fourth-order valence-electron chi connectivity index (χ4n) is 2.54. The molecule has 2 atom stereocenters. The smallest absolute Gasteiger partial charge is 0.311 e. The van der Waals surface area contributed by atoms with Gasteiger partial charge in [0.1, 0.15) is 0 Å². The van der Waals surface area contributed by atoms with Gasteiger partial charge in [-0.25, -0.2) is 0 Å². The Hall–Kier alpha value is -1.94. The van der Waals surface area contributed by atoms with Gasteiger partial charge in [-0.05, 0) is 36.6 Å². The first-order valence-electron chi connectivity index (χ1n) is 7.07. The number of benzene rings is 1. The number of aryl methyl sites for hydroxylation is 1. The quantitative estimate of drug-likeness (QED) is 0.878. The van der Waals surface area contributed by atoms with Gasteiger partial charge in [0.15, 0.2) is 0 Å². The van der Waals surface area contributed by atoms with Crippen LogP contribution in [0.1, 0.15) is 31.2 Å². The number of rotatable bonds is 4. The summed E-state index contributed by atoms with van der Waals surface area (Å²) in [7, 11) is 1.34. The van der Waals surface area contributed by atoms with Crippen molar-refractivity contribution in [2.45, 2.75) is 26.9 Å². The van der Waals surface area contributed by atoms with E-state index in [9.17, 15) is 9.90 Å². The van der Waals surface area contributed by atoms with Crippen molar-refractivity contribution in [3.8, 4) is 0 Å². The molecule has 0 radical (unpaired) electrons. The summed E-state index contributed by atoms with van der Waals surface area (Å²) in [6.45, 7) is 5.74. The molecule has 1 aromatic carbocycles. The van der Waals surface area contributed by atoms with E-state index in [1.165, 1.54) is 7.11 Å². The van der Waals surface area contributed by atoms with Gasteiger partial charge in [0, 0.05) is 11.1 Å². The number of methoxy groups -OCH3 is 1. The molecule has 0 spiro atoms. The molecule has 112 valence electrons. The number of fused-ring (bicyclic) bond motifs is 1. The minimum absolute atomic E-state index is 0.0145. The van der Waals surface area contributed by atoms with E-state index in [0.29, 0.717) is 5.56 Å². The van der Waals surface area contributed by atoms with Gasteiger partial charge in [-0.1, -0.05) is 26.0 Å². The van der Waals surface area contributed by atoms with Crippen molar-refractivity contribution in [2.75, 3.05) is 7.11 Å². The number of esters is 1. The van der Waals surface area contributed by atoms with E-state index in [0.717, 1.165) is 16.6 Å². The molecule has 2 unspecified atom stereocenters. The maximum absolute atomic E-state index is 11.9. The molecule has 0 bridgehead atoms. The molecular weight excluding hydrogens is 266 g/mol. The molecular formula is C17H21NO3. The summed E-state index contributed by atoms with van der Waals surface area (Å²) >= 11 is 0. The summed E-state index contributed by atoms with van der Waals surface area (Å²) in [5.41, 5.74) is 2.53. The topological polar surface area (TPSA) is 59.4 Å². The Morgan fingerprint density at radius 2 is 1.95 bits per heavy atom. The van der Waals surface area contributed by atoms with Gasteiger partial charge in [-0.3, -0.25) is 9.78 Å². The maximum Gasteiger partial charge on any atom is 0.311 e. The van der Waals surface area contributed by atoms with Crippen molar-refractivity contribution in [3.63, 3.8) is 0 Å². The second-order valence-electron chi connectivity index (χ2n) is 5.64. The molecule has 4 heteroatoms. The van der Waals surface area contributed by atoms with E-state index in [-0.39, 0.29) is 11.9 Å². The zero-order valence-electron chi connectivity index (χ0n) is 12.8. The van der Waals surface area contributed by atoms with E-state index in [2.05, 4.69) is 4.98 Å². The molecule has 0 saturated heterocycles. The molecule has 0 fully saturated rings. The average molecular weight is 287 g/mol. The lowest BCUT2D eigenvalue weighted by atomic mass is 9.86. The number of ether oxygens (including phenoxy) is 1. The first-order valence-corrected chi connectivity index (χ1v) is 7.07. The molecule has 21 heavy (non-hydrogen) atoms. The zero-order valence-corrected chi connectivity index (χ0v) is 12.8. The van der Waals surface area contributed by atoms with Crippen molar-refractivity contribution in [3.05, 3.63) is 41.6 Å². The van der Waals surface area contributed by atoms with Crippen LogP contribution in [0.15, 0.2) is 30.3 Å². The van der Waals surface area contributed by atoms with Gasteiger partial charge < -0.3 is 9.84 Å². The fourth-order valence-corrected chi connectivity index (χ4v) is 2.54. The van der Waals surface area contributed by atoms with Gasteiger partial charge in [-0.2, -0.15) is 0 Å². The van der Waals surface area contributed by atoms with Crippen LogP contribution in [0.4, 0.5) is 0 Å². The van der Waals surface area contributed by atoms with Crippen LogP contribution in [0.3, 0.4) is 0 Å². The second kappa shape index (κ2) is 6.22. The predicted octanol–water partition coefficient (Wildman–Crippen LogP) is 3.02. The van der Waals surface area contributed by atoms with Gasteiger partial charge in [0.25, 0.3) is 0 Å². The molecule has 0 aliphatic heterocycles. The molecule has 1 aromatic heterocycles. The third kappa shape index (κ3) is 3.22. The van der Waals surface area contributed by atoms with Gasteiger partial charge in [0.2, 0.25) is 0 Å². The summed E-state index contributed by atoms with van der Waals surface area (Å²) < 4.78 is 4.81. The monoisotopic (exact) mass is 287 g/mol. The average Bonchev–Trinajstić information content (AvgIpc) is 2.46. The van der Waals surface area contributed by atoms with Crippen LogP contribution in [0, 0.1) is 18.8 Å². The standard InChI is InChI=1S/C17H21NO3/c1-10(2)15(17(20)21-4)16(19)13-7-8-14-12(9-13)6-5-11(3)18-14/h5-10,15-16,19H,1-4H3. The van der Waals surface area contributed by atoms with Crippen molar-refractivity contribution < 1.29 is 14.6 Å². The summed E-state index contributed by atoms with van der Waals surface area (Å²) in [6.07, 6.45) is -0.886. The largest absolute Gasteiger partial charge is 0.469 e. The van der Waals surface area contributed by atoms with Crippen LogP contribution in [0.25, 0.3) is 10.9 Å². The summed E-state index contributed by atoms with van der Waals surface area (Å²) in [5, 5.41) is 11.5. The molecule has 0 saturated carbocycles. The van der Waals surface area contributed by atoms with Crippen molar-refractivity contribution in [1.29, 1.82) is 0 Å². The molecule has 4 nitrogen and oxygen atoms in total. The molecule has 0 aliphatic rings. The predicted molar refractivity (Wildman–Crippen MR) is 81.8 cm³/mol. The number of aromatic nitrogens is 1. The van der Waals surface area contributed by atoms with Crippen molar-refractivity contribution in [1.82, 2.24) is 4.98 Å². The number of nitrogens with zero attached hydrogens (tertiary/aromatic N) is 1. The van der Waals surface area contributed by atoms with Crippen LogP contribution >= 0.6 is 0 Å². The number of aliphatic hydroxyl groups is 1. The van der Waals surface area contributed by atoms with E-state index < -0.39 is 12.0 Å². The van der Waals surface area contributed by atoms with Crippen LogP contribution in [0.5, 0.6) is 0 Å². The van der Waals surface area contributed by atoms with Crippen LogP contribution in [0.2, 0.25) is 0 Å². The van der Waals surface area contributed by atoms with E-state index in [1.54, 1.807) is 0 Å². The Balaban J connectivity index is 2.39. The summed E-state index contributed by atoms with van der Waals surface area (Å²) in [5.74, 6) is -0.982. The van der Waals surface area contributed by atoms with Gasteiger partial charge >= 0.3 is 5.97 Å². The zero-order chi connectivity index (χ0) is 15.6. The first kappa shape index (κ1) is 15.4. The number of pyridine rings is 1. The molecule has 1 heterocycles. The van der Waals surface area contributed by atoms with Crippen molar-refractivity contribution >= 4 is 16.9 Å². The number of aliphatic hydroxyl groups excluding tert-OH is 1. The number of carbonyl (C=O) groups is 1. The lowest BCUT2D eigenvalue weighted by molar-refractivity contribution is -0.152. The SMILES string of the molecule is COC(=O)C(C(C)C)C(O)c1ccc2nc(C)ccc2c1. The molecule has 2 rings (SSSR count). The summed E-state index contributed by atoms with van der Waals surface area (Å²) in [6, 6.07) is 9.47. The Kier molecular flexibility index (Phi) is 4.58. The maximum atomic E-state index is 11.9. The lowest BCUT2D eigenvalue weighted by Gasteiger charge is -2.24. The van der Waals surface area contributed by atoms with Crippen LogP contribution in [-0.4, -0.2) is 23.2 Å². The molecule has 0 aliphatic carbocycles. The van der Waals surface area contributed by atoms with Crippen molar-refractivity contribution in [2.24, 2.45) is 11.8 Å². The van der Waals surface area contributed by atoms with E-state index in [1.807, 2.05) is 51.1 Å². The number of carbonyl (C=O) groups excluding carboxylic acids is 1. The third-order valence-corrected chi connectivity index (χ3v) is 3.73. The third-order valence-electron chi connectivity index (χ3n) is 3.73. The van der Waals surface area contributed by atoms with Gasteiger partial charge in [-0.15, -0.1) is 0 Å². The van der Waals surface area contributed by atoms with E-state index >= 15 is 0 Å².